The first kappa shape index (κ1) is 17.8. The highest BCUT2D eigenvalue weighted by Gasteiger charge is 2.89. The molecule has 0 saturated heterocycles. The zero-order valence-corrected chi connectivity index (χ0v) is 15.0. The zero-order valence-electron chi connectivity index (χ0n) is 15.0. The number of carbonyl (C=O) groups excluding carboxylic acids is 3. The van der Waals surface area contributed by atoms with Gasteiger partial charge in [-0.2, -0.15) is 0 Å². The van der Waals surface area contributed by atoms with E-state index >= 15 is 0 Å². The number of benzene rings is 2. The van der Waals surface area contributed by atoms with Crippen LogP contribution in [-0.4, -0.2) is 29.8 Å². The van der Waals surface area contributed by atoms with Gasteiger partial charge in [-0.1, -0.05) is 30.3 Å². The van der Waals surface area contributed by atoms with Gasteiger partial charge in [0.15, 0.2) is 11.2 Å². The molecule has 2 aromatic rings. The third-order valence-corrected chi connectivity index (χ3v) is 5.80. The maximum Gasteiger partial charge on any atom is 0.330 e. The Morgan fingerprint density at radius 3 is 2.46 bits per heavy atom. The van der Waals surface area contributed by atoms with E-state index in [-0.39, 0.29) is 17.0 Å². The number of nitrogens with zero attached hydrogens (tertiary/aromatic N) is 1. The largest absolute Gasteiger partial charge is 0.468 e. The lowest BCUT2D eigenvalue weighted by molar-refractivity contribution is -0.385. The number of non-ortho nitro benzene ring substituents is 1. The van der Waals surface area contributed by atoms with Crippen LogP contribution in [0.15, 0.2) is 48.5 Å². The molecule has 142 valence electrons. The van der Waals surface area contributed by atoms with Crippen molar-refractivity contribution in [3.63, 3.8) is 0 Å². The fourth-order valence-electron chi connectivity index (χ4n) is 4.42. The van der Waals surface area contributed by atoms with Gasteiger partial charge in [0.2, 0.25) is 0 Å². The lowest BCUT2D eigenvalue weighted by Gasteiger charge is -2.21. The van der Waals surface area contributed by atoms with Gasteiger partial charge in [-0.05, 0) is 13.0 Å². The predicted octanol–water partition coefficient (Wildman–Crippen LogP) is 2.66. The third-order valence-electron chi connectivity index (χ3n) is 5.80. The number of nitro groups is 1. The number of nitro benzene ring substituents is 1. The van der Waals surface area contributed by atoms with Crippen LogP contribution < -0.4 is 4.74 Å². The molecule has 1 fully saturated rings. The highest BCUT2D eigenvalue weighted by atomic mass is 16.6. The molecule has 2 aliphatic rings. The molecular formula is C20H15NO7. The minimum Gasteiger partial charge on any atom is -0.468 e. The molecule has 1 aliphatic carbocycles. The summed E-state index contributed by atoms with van der Waals surface area (Å²) in [5.74, 6) is -3.04. The smallest absolute Gasteiger partial charge is 0.330 e. The molecule has 8 nitrogen and oxygen atoms in total. The molecule has 0 radical (unpaired) electrons. The highest BCUT2D eigenvalue weighted by Crippen LogP contribution is 2.78. The number of carbonyl (C=O) groups is 3. The van der Waals surface area contributed by atoms with Crippen molar-refractivity contribution in [1.29, 1.82) is 0 Å². The SMILES string of the molecule is COC(=O)[C@]12C(=O)Oc3ccc([N+](=O)[O-])cc3[C@@H]1[C@]2(C)C(=O)c1ccccc1. The number of esters is 2. The normalized spacial score (nSPS) is 27.1. The average Bonchev–Trinajstić information content (AvgIpc) is 3.30. The summed E-state index contributed by atoms with van der Waals surface area (Å²) in [4.78, 5) is 49.5. The maximum atomic E-state index is 13.3. The van der Waals surface area contributed by atoms with Crippen LogP contribution >= 0.6 is 0 Å². The van der Waals surface area contributed by atoms with Gasteiger partial charge in [0, 0.05) is 29.2 Å². The van der Waals surface area contributed by atoms with E-state index < -0.39 is 39.4 Å². The lowest BCUT2D eigenvalue weighted by atomic mass is 9.87. The molecule has 4 rings (SSSR count). The first-order valence-corrected chi connectivity index (χ1v) is 8.49. The van der Waals surface area contributed by atoms with Gasteiger partial charge in [0.05, 0.1) is 17.4 Å². The Morgan fingerprint density at radius 2 is 1.86 bits per heavy atom. The molecule has 0 amide bonds. The van der Waals surface area contributed by atoms with Crippen LogP contribution in [0.4, 0.5) is 5.69 Å². The standard InChI is InChI=1S/C20H15NO7/c1-19(16(22)11-6-4-3-5-7-11)15-13-10-12(21(25)26)8-9-14(13)28-18(24)20(15,19)17(23)27-2/h3-10,15H,1-2H3/t15-,19-,20+/m1/s1. The number of Topliss-reactive ketones (excluding diaryl/α,β-unsaturated/α-hetero) is 1. The maximum absolute atomic E-state index is 13.3. The number of fused-ring (bicyclic) bond motifs is 3. The first-order chi connectivity index (χ1) is 13.3. The van der Waals surface area contributed by atoms with Crippen LogP contribution in [0.1, 0.15) is 28.8 Å². The third kappa shape index (κ3) is 1.97. The van der Waals surface area contributed by atoms with Gasteiger partial charge < -0.3 is 9.47 Å². The number of rotatable bonds is 4. The second kappa shape index (κ2) is 5.72. The minimum atomic E-state index is -1.88. The lowest BCUT2D eigenvalue weighted by Crippen LogP contribution is -2.39. The first-order valence-electron chi connectivity index (χ1n) is 8.49. The average molecular weight is 381 g/mol. The van der Waals surface area contributed by atoms with Crippen LogP contribution in [0.5, 0.6) is 5.75 Å². The molecule has 2 aromatic carbocycles. The molecule has 28 heavy (non-hydrogen) atoms. The van der Waals surface area contributed by atoms with Gasteiger partial charge in [-0.3, -0.25) is 24.5 Å². The Bertz CT molecular complexity index is 1050. The topological polar surface area (TPSA) is 113 Å². The molecule has 0 bridgehead atoms. The molecule has 1 saturated carbocycles. The van der Waals surface area contributed by atoms with E-state index in [9.17, 15) is 24.5 Å². The van der Waals surface area contributed by atoms with E-state index in [0.717, 1.165) is 7.11 Å². The minimum absolute atomic E-state index is 0.102. The van der Waals surface area contributed by atoms with Gasteiger partial charge in [-0.15, -0.1) is 0 Å². The highest BCUT2D eigenvalue weighted by molar-refractivity contribution is 6.20. The fourth-order valence-corrected chi connectivity index (χ4v) is 4.42. The van der Waals surface area contributed by atoms with E-state index in [1.807, 2.05) is 0 Å². The van der Waals surface area contributed by atoms with E-state index in [4.69, 9.17) is 9.47 Å². The summed E-state index contributed by atoms with van der Waals surface area (Å²) in [6.45, 7) is 1.50. The van der Waals surface area contributed by atoms with Crippen LogP contribution in [0, 0.1) is 20.9 Å². The molecule has 1 heterocycles. The van der Waals surface area contributed by atoms with Crippen molar-refractivity contribution in [2.75, 3.05) is 7.11 Å². The second-order valence-corrected chi connectivity index (χ2v) is 7.00. The van der Waals surface area contributed by atoms with Crippen molar-refractivity contribution in [3.05, 3.63) is 69.8 Å². The Labute approximate surface area is 159 Å². The van der Waals surface area contributed by atoms with E-state index in [1.165, 1.54) is 25.1 Å². The number of ether oxygens (including phenoxy) is 2. The zero-order chi connectivity index (χ0) is 20.3. The van der Waals surface area contributed by atoms with Gasteiger partial charge in [0.25, 0.3) is 5.69 Å². The van der Waals surface area contributed by atoms with E-state index in [1.54, 1.807) is 30.3 Å². The number of ketones is 1. The van der Waals surface area contributed by atoms with E-state index in [0.29, 0.717) is 5.56 Å². The van der Waals surface area contributed by atoms with Crippen molar-refractivity contribution in [2.45, 2.75) is 12.8 Å². The van der Waals surface area contributed by atoms with Crippen LogP contribution in [0.25, 0.3) is 0 Å². The van der Waals surface area contributed by atoms with E-state index in [2.05, 4.69) is 0 Å². The molecule has 1 aliphatic heterocycles. The van der Waals surface area contributed by atoms with Crippen molar-refractivity contribution in [3.8, 4) is 5.75 Å². The molecule has 0 aromatic heterocycles. The summed E-state index contributed by atoms with van der Waals surface area (Å²) in [7, 11) is 1.12. The molecule has 0 spiro atoms. The summed E-state index contributed by atoms with van der Waals surface area (Å²) < 4.78 is 10.2. The van der Waals surface area contributed by atoms with Crippen LogP contribution in [0.2, 0.25) is 0 Å². The van der Waals surface area contributed by atoms with Crippen molar-refractivity contribution >= 4 is 23.4 Å². The summed E-state index contributed by atoms with van der Waals surface area (Å²) in [6, 6.07) is 12.0. The number of hydrogen-bond donors (Lipinski definition) is 0. The van der Waals surface area contributed by atoms with Crippen molar-refractivity contribution in [2.24, 2.45) is 10.8 Å². The van der Waals surface area contributed by atoms with Crippen molar-refractivity contribution < 1.29 is 28.8 Å². The van der Waals surface area contributed by atoms with Crippen molar-refractivity contribution in [1.82, 2.24) is 0 Å². The summed E-state index contributed by atoms with van der Waals surface area (Å²) in [5, 5.41) is 11.2. The second-order valence-electron chi connectivity index (χ2n) is 7.00. The van der Waals surface area contributed by atoms with Gasteiger partial charge in [-0.25, -0.2) is 0 Å². The Morgan fingerprint density at radius 1 is 1.18 bits per heavy atom. The Hall–Kier alpha value is -3.55. The molecular weight excluding hydrogens is 366 g/mol. The number of hydrogen-bond acceptors (Lipinski definition) is 7. The number of methoxy groups -OCH3 is 1. The predicted molar refractivity (Wildman–Crippen MR) is 94.8 cm³/mol. The van der Waals surface area contributed by atoms with Crippen LogP contribution in [0.3, 0.4) is 0 Å². The molecule has 8 heteroatoms. The summed E-state index contributed by atoms with van der Waals surface area (Å²) >= 11 is 0. The quantitative estimate of drug-likeness (QED) is 0.200. The van der Waals surface area contributed by atoms with Gasteiger partial charge in [0.1, 0.15) is 5.75 Å². The van der Waals surface area contributed by atoms with Crippen LogP contribution in [-0.2, 0) is 14.3 Å². The molecule has 0 unspecified atom stereocenters. The summed E-state index contributed by atoms with van der Waals surface area (Å²) in [5.41, 5.74) is -3.00. The monoisotopic (exact) mass is 381 g/mol. The van der Waals surface area contributed by atoms with Gasteiger partial charge >= 0.3 is 11.9 Å². The molecule has 3 atom stereocenters. The molecule has 0 N–H and O–H groups in total. The Balaban J connectivity index is 1.94. The fraction of sp³-hybridized carbons (Fsp3) is 0.250. The Kier molecular flexibility index (Phi) is 3.65. The summed E-state index contributed by atoms with van der Waals surface area (Å²) in [6.07, 6.45) is 0.